The Hall–Kier alpha value is -0.0400. The Morgan fingerprint density at radius 1 is 1.36 bits per heavy atom. The number of nitrogens with two attached hydrogens (primary N) is 1. The highest BCUT2D eigenvalue weighted by molar-refractivity contribution is 4.69. The van der Waals surface area contributed by atoms with Gasteiger partial charge < -0.3 is 5.73 Å². The van der Waals surface area contributed by atoms with E-state index in [9.17, 15) is 0 Å². The minimum atomic E-state index is 0.864. The Balaban J connectivity index is 2.08. The van der Waals surface area contributed by atoms with E-state index in [-0.39, 0.29) is 0 Å². The molecule has 0 aromatic heterocycles. The summed E-state index contributed by atoms with van der Waals surface area (Å²) < 4.78 is 0. The summed E-state index contributed by atoms with van der Waals surface area (Å²) in [5.74, 6) is 1.90. The standard InChI is InChI=1S/C10H21N/c1-9(6-7-11)8-10-4-2-3-5-10/h9-10H,2-8,11H2,1H3. The third-order valence-corrected chi connectivity index (χ3v) is 2.87. The van der Waals surface area contributed by atoms with Crippen molar-refractivity contribution >= 4 is 0 Å². The Morgan fingerprint density at radius 2 is 2.00 bits per heavy atom. The lowest BCUT2D eigenvalue weighted by Gasteiger charge is -2.14. The Bertz CT molecular complexity index is 95.0. The zero-order valence-corrected chi connectivity index (χ0v) is 7.68. The molecule has 1 rings (SSSR count). The summed E-state index contributed by atoms with van der Waals surface area (Å²) in [4.78, 5) is 0. The maximum Gasteiger partial charge on any atom is -0.00747 e. The molecule has 1 unspecified atom stereocenters. The molecule has 0 aromatic carbocycles. The second kappa shape index (κ2) is 4.76. The molecule has 1 aliphatic rings. The molecule has 0 aliphatic heterocycles. The van der Waals surface area contributed by atoms with E-state index in [2.05, 4.69) is 6.92 Å². The van der Waals surface area contributed by atoms with Crippen molar-refractivity contribution in [3.8, 4) is 0 Å². The molecular weight excluding hydrogens is 134 g/mol. The van der Waals surface area contributed by atoms with Crippen molar-refractivity contribution in [1.82, 2.24) is 0 Å². The molecule has 1 nitrogen and oxygen atoms in total. The normalized spacial score (nSPS) is 22.4. The van der Waals surface area contributed by atoms with Gasteiger partial charge in [-0.15, -0.1) is 0 Å². The molecule has 1 saturated carbocycles. The molecule has 0 bridgehead atoms. The zero-order valence-electron chi connectivity index (χ0n) is 7.68. The summed E-state index contributed by atoms with van der Waals surface area (Å²) in [6.07, 6.45) is 8.55. The molecule has 66 valence electrons. The van der Waals surface area contributed by atoms with Gasteiger partial charge in [0.2, 0.25) is 0 Å². The van der Waals surface area contributed by atoms with Gasteiger partial charge in [-0.25, -0.2) is 0 Å². The summed E-state index contributed by atoms with van der Waals surface area (Å²) in [7, 11) is 0. The van der Waals surface area contributed by atoms with Crippen LogP contribution in [0.4, 0.5) is 0 Å². The van der Waals surface area contributed by atoms with Crippen molar-refractivity contribution in [2.45, 2.75) is 45.4 Å². The van der Waals surface area contributed by atoms with Crippen LogP contribution in [0.2, 0.25) is 0 Å². The monoisotopic (exact) mass is 155 g/mol. The van der Waals surface area contributed by atoms with Crippen LogP contribution >= 0.6 is 0 Å². The molecule has 1 heteroatoms. The third kappa shape index (κ3) is 3.24. The predicted octanol–water partition coefficient (Wildman–Crippen LogP) is 2.55. The van der Waals surface area contributed by atoms with Gasteiger partial charge in [-0.05, 0) is 31.2 Å². The minimum absolute atomic E-state index is 0.864. The molecule has 1 aliphatic carbocycles. The van der Waals surface area contributed by atoms with E-state index in [4.69, 9.17) is 5.73 Å². The van der Waals surface area contributed by atoms with Gasteiger partial charge in [0.05, 0.1) is 0 Å². The molecule has 0 spiro atoms. The maximum atomic E-state index is 5.50. The maximum absolute atomic E-state index is 5.50. The average molecular weight is 155 g/mol. The first-order valence-electron chi connectivity index (χ1n) is 5.03. The van der Waals surface area contributed by atoms with Gasteiger partial charge in [0.1, 0.15) is 0 Å². The first-order valence-corrected chi connectivity index (χ1v) is 5.03. The van der Waals surface area contributed by atoms with Gasteiger partial charge in [-0.3, -0.25) is 0 Å². The molecular formula is C10H21N. The molecule has 1 fully saturated rings. The van der Waals surface area contributed by atoms with Crippen LogP contribution in [0.5, 0.6) is 0 Å². The largest absolute Gasteiger partial charge is 0.330 e. The quantitative estimate of drug-likeness (QED) is 0.663. The van der Waals surface area contributed by atoms with Crippen LogP contribution in [-0.2, 0) is 0 Å². The van der Waals surface area contributed by atoms with Crippen molar-refractivity contribution in [2.24, 2.45) is 17.6 Å². The van der Waals surface area contributed by atoms with Gasteiger partial charge in [0.25, 0.3) is 0 Å². The van der Waals surface area contributed by atoms with Crippen molar-refractivity contribution in [3.05, 3.63) is 0 Å². The second-order valence-electron chi connectivity index (χ2n) is 4.07. The highest BCUT2D eigenvalue weighted by atomic mass is 14.5. The van der Waals surface area contributed by atoms with Crippen molar-refractivity contribution < 1.29 is 0 Å². The van der Waals surface area contributed by atoms with Crippen LogP contribution in [0.3, 0.4) is 0 Å². The lowest BCUT2D eigenvalue weighted by Crippen LogP contribution is -2.09. The fraction of sp³-hybridized carbons (Fsp3) is 1.00. The molecule has 2 N–H and O–H groups in total. The zero-order chi connectivity index (χ0) is 8.10. The lowest BCUT2D eigenvalue weighted by atomic mass is 9.92. The van der Waals surface area contributed by atoms with Gasteiger partial charge in [0.15, 0.2) is 0 Å². The van der Waals surface area contributed by atoms with Gasteiger partial charge in [0, 0.05) is 0 Å². The smallest absolute Gasteiger partial charge is 0.00747 e. The van der Waals surface area contributed by atoms with E-state index in [1.165, 1.54) is 38.5 Å². The highest BCUT2D eigenvalue weighted by Gasteiger charge is 2.16. The molecule has 0 aromatic rings. The first kappa shape index (κ1) is 9.05. The highest BCUT2D eigenvalue weighted by Crippen LogP contribution is 2.30. The van der Waals surface area contributed by atoms with E-state index >= 15 is 0 Å². The van der Waals surface area contributed by atoms with Crippen molar-refractivity contribution in [1.29, 1.82) is 0 Å². The van der Waals surface area contributed by atoms with E-state index in [0.717, 1.165) is 18.4 Å². The summed E-state index contributed by atoms with van der Waals surface area (Å²) in [5, 5.41) is 0. The van der Waals surface area contributed by atoms with Crippen LogP contribution in [0.1, 0.15) is 45.4 Å². The van der Waals surface area contributed by atoms with E-state index in [1.807, 2.05) is 0 Å². The summed E-state index contributed by atoms with van der Waals surface area (Å²) in [6.45, 7) is 3.21. The fourth-order valence-electron chi connectivity index (χ4n) is 2.22. The van der Waals surface area contributed by atoms with Crippen LogP contribution in [0.25, 0.3) is 0 Å². The van der Waals surface area contributed by atoms with E-state index in [0.29, 0.717) is 0 Å². The Morgan fingerprint density at radius 3 is 2.55 bits per heavy atom. The second-order valence-corrected chi connectivity index (χ2v) is 4.07. The lowest BCUT2D eigenvalue weighted by molar-refractivity contribution is 0.383. The van der Waals surface area contributed by atoms with Gasteiger partial charge >= 0.3 is 0 Å². The SMILES string of the molecule is CC(CCN)CC1CCCC1. The minimum Gasteiger partial charge on any atom is -0.330 e. The topological polar surface area (TPSA) is 26.0 Å². The van der Waals surface area contributed by atoms with Crippen molar-refractivity contribution in [2.75, 3.05) is 6.54 Å². The molecule has 0 radical (unpaired) electrons. The number of rotatable bonds is 4. The van der Waals surface area contributed by atoms with Crippen LogP contribution in [0, 0.1) is 11.8 Å². The molecule has 11 heavy (non-hydrogen) atoms. The number of hydrogen-bond acceptors (Lipinski definition) is 1. The Kier molecular flexibility index (Phi) is 3.92. The molecule has 1 atom stereocenters. The molecule has 0 amide bonds. The fourth-order valence-corrected chi connectivity index (χ4v) is 2.22. The van der Waals surface area contributed by atoms with Crippen LogP contribution < -0.4 is 5.73 Å². The van der Waals surface area contributed by atoms with E-state index in [1.54, 1.807) is 0 Å². The van der Waals surface area contributed by atoms with Gasteiger partial charge in [-0.2, -0.15) is 0 Å². The molecule has 0 heterocycles. The number of hydrogen-bond donors (Lipinski definition) is 1. The van der Waals surface area contributed by atoms with Crippen molar-refractivity contribution in [3.63, 3.8) is 0 Å². The summed E-state index contributed by atoms with van der Waals surface area (Å²) >= 11 is 0. The van der Waals surface area contributed by atoms with E-state index < -0.39 is 0 Å². The average Bonchev–Trinajstić information content (AvgIpc) is 2.40. The van der Waals surface area contributed by atoms with Crippen LogP contribution in [-0.4, -0.2) is 6.54 Å². The summed E-state index contributed by atoms with van der Waals surface area (Å²) in [6, 6.07) is 0. The van der Waals surface area contributed by atoms with Gasteiger partial charge in [-0.1, -0.05) is 32.6 Å². The molecule has 0 saturated heterocycles. The summed E-state index contributed by atoms with van der Waals surface area (Å²) in [5.41, 5.74) is 5.50. The predicted molar refractivity (Wildman–Crippen MR) is 49.4 cm³/mol. The Labute approximate surface area is 70.4 Å². The first-order chi connectivity index (χ1) is 5.33. The van der Waals surface area contributed by atoms with Crippen LogP contribution in [0.15, 0.2) is 0 Å². The third-order valence-electron chi connectivity index (χ3n) is 2.87.